The molecule has 0 fully saturated rings. The average molecular weight is 516 g/mol. The van der Waals surface area contributed by atoms with Crippen molar-refractivity contribution in [1.82, 2.24) is 15.6 Å². The molecular weight excluding hydrogens is 487 g/mol. The molecule has 0 saturated carbocycles. The van der Waals surface area contributed by atoms with Crippen molar-refractivity contribution in [3.63, 3.8) is 0 Å². The number of aliphatic imine (C=N–C) groups is 1. The van der Waals surface area contributed by atoms with Crippen LogP contribution in [0.3, 0.4) is 0 Å². The second-order valence-corrected chi connectivity index (χ2v) is 6.59. The van der Waals surface area contributed by atoms with Crippen LogP contribution in [-0.2, 0) is 6.54 Å². The molecule has 0 atom stereocenters. The molecule has 0 aliphatic heterocycles. The molecule has 0 radical (unpaired) electrons. The van der Waals surface area contributed by atoms with Crippen molar-refractivity contribution in [2.45, 2.75) is 20.4 Å². The molecule has 2 aromatic rings. The molecule has 154 valence electrons. The number of pyridine rings is 1. The maximum absolute atomic E-state index is 5.85. The van der Waals surface area contributed by atoms with E-state index in [0.717, 1.165) is 30.4 Å². The van der Waals surface area contributed by atoms with E-state index < -0.39 is 0 Å². The summed E-state index contributed by atoms with van der Waals surface area (Å²) in [4.78, 5) is 8.98. The summed E-state index contributed by atoms with van der Waals surface area (Å²) in [6.45, 7) is 6.86. The van der Waals surface area contributed by atoms with Gasteiger partial charge in [0.1, 0.15) is 0 Å². The van der Waals surface area contributed by atoms with E-state index in [9.17, 15) is 0 Å². The molecule has 2 rings (SSSR count). The lowest BCUT2D eigenvalue weighted by atomic mass is 10.3. The van der Waals surface area contributed by atoms with Crippen molar-refractivity contribution in [2.24, 2.45) is 4.99 Å². The smallest absolute Gasteiger partial charge is 0.219 e. The van der Waals surface area contributed by atoms with Crippen molar-refractivity contribution in [3.05, 3.63) is 48.2 Å². The topological polar surface area (TPSA) is 67.8 Å². The number of nitrogens with zero attached hydrogens (tertiary/aromatic N) is 2. The van der Waals surface area contributed by atoms with Gasteiger partial charge in [-0.2, -0.15) is 11.8 Å². The first-order valence-corrected chi connectivity index (χ1v) is 10.5. The van der Waals surface area contributed by atoms with Crippen molar-refractivity contribution in [1.29, 1.82) is 0 Å². The largest absolute Gasteiger partial charge is 0.490 e. The van der Waals surface area contributed by atoms with Gasteiger partial charge in [-0.3, -0.25) is 0 Å². The Hall–Kier alpha value is -1.68. The highest BCUT2D eigenvalue weighted by molar-refractivity contribution is 14.0. The Balaban J connectivity index is 0.00000392. The molecule has 1 aromatic carbocycles. The minimum absolute atomic E-state index is 0. The van der Waals surface area contributed by atoms with E-state index in [1.807, 2.05) is 43.3 Å². The van der Waals surface area contributed by atoms with Gasteiger partial charge in [0, 0.05) is 31.1 Å². The molecule has 0 amide bonds. The van der Waals surface area contributed by atoms with Crippen LogP contribution in [0.15, 0.2) is 47.6 Å². The normalized spacial score (nSPS) is 10.8. The lowest BCUT2D eigenvalue weighted by Gasteiger charge is -2.11. The van der Waals surface area contributed by atoms with Gasteiger partial charge in [0.05, 0.1) is 13.2 Å². The monoisotopic (exact) mass is 516 g/mol. The highest BCUT2D eigenvalue weighted by atomic mass is 127. The van der Waals surface area contributed by atoms with Gasteiger partial charge in [0.2, 0.25) is 5.88 Å². The first kappa shape index (κ1) is 24.4. The maximum atomic E-state index is 5.85. The molecule has 8 heteroatoms. The highest BCUT2D eigenvalue weighted by Gasteiger charge is 2.06. The molecule has 1 heterocycles. The number of thioether (sulfide) groups is 1. The summed E-state index contributed by atoms with van der Waals surface area (Å²) in [5.41, 5.74) is 1.02. The lowest BCUT2D eigenvalue weighted by molar-refractivity contribution is 0.319. The van der Waals surface area contributed by atoms with E-state index in [1.54, 1.807) is 18.0 Å². The van der Waals surface area contributed by atoms with Gasteiger partial charge in [-0.25, -0.2) is 9.98 Å². The number of para-hydroxylation sites is 2. The summed E-state index contributed by atoms with van der Waals surface area (Å²) in [5, 5.41) is 6.56. The lowest BCUT2D eigenvalue weighted by Crippen LogP contribution is -2.38. The minimum atomic E-state index is 0. The van der Waals surface area contributed by atoms with Crippen LogP contribution in [0.25, 0.3) is 0 Å². The van der Waals surface area contributed by atoms with Crippen LogP contribution in [0.4, 0.5) is 0 Å². The van der Waals surface area contributed by atoms with Gasteiger partial charge in [0.25, 0.3) is 0 Å². The number of rotatable bonds is 10. The van der Waals surface area contributed by atoms with Gasteiger partial charge in [0.15, 0.2) is 17.5 Å². The Labute approximate surface area is 188 Å². The number of nitrogens with one attached hydrogen (secondary N) is 2. The third kappa shape index (κ3) is 8.55. The fourth-order valence-electron chi connectivity index (χ4n) is 2.27. The number of hydrogen-bond donors (Lipinski definition) is 2. The van der Waals surface area contributed by atoms with Crippen LogP contribution in [0.5, 0.6) is 17.4 Å². The fraction of sp³-hybridized carbons (Fsp3) is 0.400. The molecule has 0 aliphatic carbocycles. The number of guanidine groups is 1. The predicted octanol–water partition coefficient (Wildman–Crippen LogP) is 4.31. The summed E-state index contributed by atoms with van der Waals surface area (Å²) < 4.78 is 11.4. The zero-order valence-electron chi connectivity index (χ0n) is 16.6. The summed E-state index contributed by atoms with van der Waals surface area (Å²) >= 11 is 1.80. The second kappa shape index (κ2) is 14.3. The molecule has 28 heavy (non-hydrogen) atoms. The summed E-state index contributed by atoms with van der Waals surface area (Å²) in [7, 11) is 0. The van der Waals surface area contributed by atoms with E-state index >= 15 is 0 Å². The van der Waals surface area contributed by atoms with E-state index in [4.69, 9.17) is 9.47 Å². The SMILES string of the molecule is CCNC(=NCc1ccc(Oc2ccccc2OCC)nc1)NCCSC.I. The summed E-state index contributed by atoms with van der Waals surface area (Å²) in [6, 6.07) is 11.4. The Morgan fingerprint density at radius 1 is 1.11 bits per heavy atom. The first-order chi connectivity index (χ1) is 13.3. The average Bonchev–Trinajstić information content (AvgIpc) is 2.69. The van der Waals surface area contributed by atoms with Crippen LogP contribution in [0, 0.1) is 0 Å². The van der Waals surface area contributed by atoms with Crippen LogP contribution in [0.2, 0.25) is 0 Å². The molecule has 0 aliphatic rings. The number of ether oxygens (including phenoxy) is 2. The Bertz CT molecular complexity index is 714. The molecule has 0 bridgehead atoms. The summed E-state index contributed by atoms with van der Waals surface area (Å²) in [5.74, 6) is 3.76. The maximum Gasteiger partial charge on any atom is 0.219 e. The van der Waals surface area contributed by atoms with Gasteiger partial charge in [-0.05, 0) is 37.8 Å². The van der Waals surface area contributed by atoms with Gasteiger partial charge in [-0.15, -0.1) is 24.0 Å². The summed E-state index contributed by atoms with van der Waals surface area (Å²) in [6.07, 6.45) is 3.88. The van der Waals surface area contributed by atoms with E-state index in [2.05, 4.69) is 33.8 Å². The quantitative estimate of drug-likeness (QED) is 0.212. The Morgan fingerprint density at radius 3 is 2.54 bits per heavy atom. The third-order valence-electron chi connectivity index (χ3n) is 3.52. The van der Waals surface area contributed by atoms with Gasteiger partial charge >= 0.3 is 0 Å². The van der Waals surface area contributed by atoms with Crippen LogP contribution >= 0.6 is 35.7 Å². The Morgan fingerprint density at radius 2 is 1.89 bits per heavy atom. The molecule has 6 nitrogen and oxygen atoms in total. The standard InChI is InChI=1S/C20H28N4O2S.HI/c1-4-21-20(22-12-13-27-3)24-15-16-10-11-19(23-14-16)26-18-9-7-6-8-17(18)25-5-2;/h6-11,14H,4-5,12-13,15H2,1-3H3,(H2,21,22,24);1H. The number of hydrogen-bond acceptors (Lipinski definition) is 5. The molecule has 1 aromatic heterocycles. The van der Waals surface area contributed by atoms with Crippen molar-refractivity contribution in [2.75, 3.05) is 31.7 Å². The zero-order chi connectivity index (χ0) is 19.3. The molecular formula is C20H29IN4O2S. The highest BCUT2D eigenvalue weighted by Crippen LogP contribution is 2.30. The molecule has 0 saturated heterocycles. The fourth-order valence-corrected chi connectivity index (χ4v) is 2.58. The number of halogens is 1. The van der Waals surface area contributed by atoms with Crippen LogP contribution in [0.1, 0.15) is 19.4 Å². The first-order valence-electron chi connectivity index (χ1n) is 9.12. The number of aromatic nitrogens is 1. The van der Waals surface area contributed by atoms with Crippen LogP contribution < -0.4 is 20.1 Å². The minimum Gasteiger partial charge on any atom is -0.490 e. The van der Waals surface area contributed by atoms with Gasteiger partial charge in [-0.1, -0.05) is 18.2 Å². The number of benzene rings is 1. The van der Waals surface area contributed by atoms with Crippen molar-refractivity contribution < 1.29 is 9.47 Å². The van der Waals surface area contributed by atoms with E-state index in [0.29, 0.717) is 30.5 Å². The third-order valence-corrected chi connectivity index (χ3v) is 4.14. The van der Waals surface area contributed by atoms with Crippen molar-refractivity contribution >= 4 is 41.7 Å². The second-order valence-electron chi connectivity index (χ2n) is 5.60. The molecule has 0 unspecified atom stereocenters. The van der Waals surface area contributed by atoms with Crippen LogP contribution in [-0.4, -0.2) is 42.6 Å². The predicted molar refractivity (Wildman–Crippen MR) is 129 cm³/mol. The van der Waals surface area contributed by atoms with Crippen molar-refractivity contribution in [3.8, 4) is 17.4 Å². The van der Waals surface area contributed by atoms with E-state index in [-0.39, 0.29) is 24.0 Å². The molecule has 2 N–H and O–H groups in total. The van der Waals surface area contributed by atoms with Gasteiger partial charge < -0.3 is 20.1 Å². The van der Waals surface area contributed by atoms with E-state index in [1.165, 1.54) is 0 Å². The Kier molecular flexibility index (Phi) is 12.5. The zero-order valence-corrected chi connectivity index (χ0v) is 19.8. The molecule has 0 spiro atoms.